The van der Waals surface area contributed by atoms with Gasteiger partial charge in [-0.15, -0.1) is 0 Å². The Morgan fingerprint density at radius 1 is 1.29 bits per heavy atom. The molecule has 1 aromatic rings. The van der Waals surface area contributed by atoms with E-state index < -0.39 is 29.6 Å². The zero-order chi connectivity index (χ0) is 10.9. The second-order valence-electron chi connectivity index (χ2n) is 2.42. The Kier molecular flexibility index (Phi) is 2.59. The Bertz CT molecular complexity index is 335. The van der Waals surface area contributed by atoms with Gasteiger partial charge in [0.2, 0.25) is 0 Å². The van der Waals surface area contributed by atoms with Gasteiger partial charge in [0.25, 0.3) is 6.43 Å². The van der Waals surface area contributed by atoms with Crippen LogP contribution in [0.5, 0.6) is 5.75 Å². The van der Waals surface area contributed by atoms with Crippen LogP contribution in [0, 0.1) is 0 Å². The fraction of sp³-hybridized carbons (Fsp3) is 0.286. The van der Waals surface area contributed by atoms with Crippen molar-refractivity contribution in [2.45, 2.75) is 12.6 Å². The van der Waals surface area contributed by atoms with E-state index in [1.165, 1.54) is 0 Å². The largest absolute Gasteiger partial charge is 0.506 e. The normalized spacial score (nSPS) is 12.1. The van der Waals surface area contributed by atoms with E-state index >= 15 is 0 Å². The lowest BCUT2D eigenvalue weighted by molar-refractivity contribution is -0.140. The molecular weight excluding hydrogens is 209 g/mol. The van der Waals surface area contributed by atoms with E-state index in [2.05, 4.69) is 4.98 Å². The van der Waals surface area contributed by atoms with Crippen LogP contribution in [0.25, 0.3) is 0 Å². The minimum Gasteiger partial charge on any atom is -0.506 e. The van der Waals surface area contributed by atoms with E-state index in [1.54, 1.807) is 0 Å². The van der Waals surface area contributed by atoms with Crippen LogP contribution in [0.3, 0.4) is 0 Å². The Hall–Kier alpha value is -1.40. The first-order chi connectivity index (χ1) is 6.32. The third kappa shape index (κ3) is 2.09. The molecule has 1 heterocycles. The molecule has 0 saturated carbocycles. The Morgan fingerprint density at radius 2 is 1.86 bits per heavy atom. The summed E-state index contributed by atoms with van der Waals surface area (Å²) in [6, 6.07) is 0.217. The molecule has 0 spiro atoms. The summed E-state index contributed by atoms with van der Waals surface area (Å²) in [5.41, 5.74) is -3.00. The first-order valence-corrected chi connectivity index (χ1v) is 3.36. The third-order valence-electron chi connectivity index (χ3n) is 1.42. The Labute approximate surface area is 75.0 Å². The first-order valence-electron chi connectivity index (χ1n) is 3.36. The van der Waals surface area contributed by atoms with Gasteiger partial charge < -0.3 is 5.11 Å². The molecule has 0 aliphatic rings. The molecule has 0 unspecified atom stereocenters. The van der Waals surface area contributed by atoms with Crippen LogP contribution in [0.2, 0.25) is 0 Å². The van der Waals surface area contributed by atoms with Crippen molar-refractivity contribution in [3.05, 3.63) is 23.5 Å². The number of aromatic hydroxyl groups is 1. The average Bonchev–Trinajstić information content (AvgIpc) is 2.01. The molecule has 0 radical (unpaired) electrons. The van der Waals surface area contributed by atoms with Gasteiger partial charge in [-0.3, -0.25) is 4.98 Å². The van der Waals surface area contributed by atoms with Crippen LogP contribution < -0.4 is 0 Å². The molecule has 0 saturated heterocycles. The molecular formula is C7H4F5NO. The maximum Gasteiger partial charge on any atom is 0.418 e. The molecule has 0 aliphatic heterocycles. The van der Waals surface area contributed by atoms with Crippen molar-refractivity contribution >= 4 is 0 Å². The van der Waals surface area contributed by atoms with Gasteiger partial charge in [0.1, 0.15) is 11.4 Å². The number of rotatable bonds is 1. The molecule has 0 amide bonds. The Morgan fingerprint density at radius 3 is 2.29 bits per heavy atom. The van der Waals surface area contributed by atoms with Gasteiger partial charge in [-0.05, 0) is 6.07 Å². The molecule has 1 N–H and O–H groups in total. The molecule has 0 bridgehead atoms. The highest BCUT2D eigenvalue weighted by Gasteiger charge is 2.37. The highest BCUT2D eigenvalue weighted by Crippen LogP contribution is 2.36. The summed E-state index contributed by atoms with van der Waals surface area (Å²) in [5.74, 6) is -0.804. The number of alkyl halides is 5. The molecule has 78 valence electrons. The van der Waals surface area contributed by atoms with Crippen molar-refractivity contribution in [1.29, 1.82) is 0 Å². The van der Waals surface area contributed by atoms with E-state index in [9.17, 15) is 22.0 Å². The third-order valence-corrected chi connectivity index (χ3v) is 1.42. The van der Waals surface area contributed by atoms with Crippen molar-refractivity contribution in [3.63, 3.8) is 0 Å². The maximum absolute atomic E-state index is 12.1. The van der Waals surface area contributed by atoms with Gasteiger partial charge in [-0.2, -0.15) is 13.2 Å². The lowest BCUT2D eigenvalue weighted by Crippen LogP contribution is -2.10. The van der Waals surface area contributed by atoms with Crippen molar-refractivity contribution in [2.75, 3.05) is 0 Å². The van der Waals surface area contributed by atoms with E-state index in [0.717, 1.165) is 0 Å². The Balaban J connectivity index is 3.30. The summed E-state index contributed by atoms with van der Waals surface area (Å²) in [5, 5.41) is 8.68. The number of hydrogen-bond donors (Lipinski definition) is 1. The monoisotopic (exact) mass is 213 g/mol. The fourth-order valence-electron chi connectivity index (χ4n) is 0.865. The summed E-state index contributed by atoms with van der Waals surface area (Å²) >= 11 is 0. The second-order valence-corrected chi connectivity index (χ2v) is 2.42. The van der Waals surface area contributed by atoms with Crippen LogP contribution in [-0.2, 0) is 6.18 Å². The van der Waals surface area contributed by atoms with Crippen LogP contribution in [0.1, 0.15) is 17.7 Å². The molecule has 0 aromatic carbocycles. The molecule has 7 heteroatoms. The summed E-state index contributed by atoms with van der Waals surface area (Å²) in [6.07, 6.45) is -7.74. The number of nitrogens with zero attached hydrogens (tertiary/aromatic N) is 1. The van der Waals surface area contributed by atoms with E-state index in [0.29, 0.717) is 6.20 Å². The molecule has 2 nitrogen and oxygen atoms in total. The predicted octanol–water partition coefficient (Wildman–Crippen LogP) is 2.74. The van der Waals surface area contributed by atoms with Crippen molar-refractivity contribution in [1.82, 2.24) is 4.98 Å². The predicted molar refractivity (Wildman–Crippen MR) is 35.9 cm³/mol. The summed E-state index contributed by atoms with van der Waals surface area (Å²) < 4.78 is 60.4. The van der Waals surface area contributed by atoms with Gasteiger partial charge in [-0.1, -0.05) is 0 Å². The van der Waals surface area contributed by atoms with Gasteiger partial charge in [0.15, 0.2) is 0 Å². The maximum atomic E-state index is 12.1. The van der Waals surface area contributed by atoms with Crippen LogP contribution in [0.4, 0.5) is 22.0 Å². The molecule has 0 atom stereocenters. The average molecular weight is 213 g/mol. The van der Waals surface area contributed by atoms with Crippen LogP contribution >= 0.6 is 0 Å². The number of pyridine rings is 1. The van der Waals surface area contributed by atoms with Gasteiger partial charge in [0.05, 0.1) is 11.8 Å². The fourth-order valence-corrected chi connectivity index (χ4v) is 0.865. The zero-order valence-corrected chi connectivity index (χ0v) is 6.52. The summed E-state index contributed by atoms with van der Waals surface area (Å²) in [6.45, 7) is 0. The highest BCUT2D eigenvalue weighted by atomic mass is 19.4. The van der Waals surface area contributed by atoms with Crippen molar-refractivity contribution < 1.29 is 27.1 Å². The van der Waals surface area contributed by atoms with Crippen molar-refractivity contribution in [3.8, 4) is 5.75 Å². The van der Waals surface area contributed by atoms with E-state index in [-0.39, 0.29) is 6.07 Å². The van der Waals surface area contributed by atoms with Gasteiger partial charge in [-0.25, -0.2) is 8.78 Å². The van der Waals surface area contributed by atoms with Gasteiger partial charge in [0, 0.05) is 0 Å². The highest BCUT2D eigenvalue weighted by molar-refractivity contribution is 5.31. The summed E-state index contributed by atoms with van der Waals surface area (Å²) in [7, 11) is 0. The number of halogens is 5. The summed E-state index contributed by atoms with van der Waals surface area (Å²) in [4.78, 5) is 2.82. The smallest absolute Gasteiger partial charge is 0.418 e. The zero-order valence-electron chi connectivity index (χ0n) is 6.52. The second kappa shape index (κ2) is 3.39. The lowest BCUT2D eigenvalue weighted by atomic mass is 10.2. The molecule has 1 aromatic heterocycles. The van der Waals surface area contributed by atoms with E-state index in [1.807, 2.05) is 0 Å². The standard InChI is InChI=1S/C7H4F5NO/c8-6(9)5-4(7(10,11)12)1-3(14)2-13-5/h1-2,6,14H. The minimum absolute atomic E-state index is 0.217. The first kappa shape index (κ1) is 10.7. The van der Waals surface area contributed by atoms with Crippen LogP contribution in [0.15, 0.2) is 12.3 Å². The molecule has 0 aliphatic carbocycles. The topological polar surface area (TPSA) is 33.1 Å². The molecule has 1 rings (SSSR count). The van der Waals surface area contributed by atoms with Crippen LogP contribution in [-0.4, -0.2) is 10.1 Å². The lowest BCUT2D eigenvalue weighted by Gasteiger charge is -2.11. The van der Waals surface area contributed by atoms with Crippen molar-refractivity contribution in [2.24, 2.45) is 0 Å². The minimum atomic E-state index is -4.95. The number of aromatic nitrogens is 1. The number of hydrogen-bond acceptors (Lipinski definition) is 2. The molecule has 14 heavy (non-hydrogen) atoms. The quantitative estimate of drug-likeness (QED) is 0.727. The SMILES string of the molecule is Oc1cnc(C(F)F)c(C(F)(F)F)c1. The van der Waals surface area contributed by atoms with Gasteiger partial charge >= 0.3 is 6.18 Å². The molecule has 0 fully saturated rings. The van der Waals surface area contributed by atoms with E-state index in [4.69, 9.17) is 5.11 Å².